The van der Waals surface area contributed by atoms with E-state index in [1.165, 1.54) is 13.2 Å². The highest BCUT2D eigenvalue weighted by atomic mass is 19.1. The molecule has 0 radical (unpaired) electrons. The molecule has 2 atom stereocenters. The molecule has 0 heterocycles. The first-order valence-electron chi connectivity index (χ1n) is 6.26. The summed E-state index contributed by atoms with van der Waals surface area (Å²) in [6.07, 6.45) is -0.0898. The van der Waals surface area contributed by atoms with Gasteiger partial charge in [-0.15, -0.1) is 0 Å². The van der Waals surface area contributed by atoms with Gasteiger partial charge in [-0.05, 0) is 31.0 Å². The molecule has 0 saturated carbocycles. The van der Waals surface area contributed by atoms with Crippen molar-refractivity contribution in [3.8, 4) is 0 Å². The van der Waals surface area contributed by atoms with Crippen molar-refractivity contribution in [2.45, 2.75) is 32.4 Å². The summed E-state index contributed by atoms with van der Waals surface area (Å²) in [4.78, 5) is 11.8. The quantitative estimate of drug-likeness (QED) is 0.825. The summed E-state index contributed by atoms with van der Waals surface area (Å²) in [6.45, 7) is 3.80. The smallest absolute Gasteiger partial charge is 0.223 e. The van der Waals surface area contributed by atoms with E-state index >= 15 is 0 Å². The number of hydrogen-bond acceptors (Lipinski definition) is 3. The first-order chi connectivity index (χ1) is 8.97. The predicted octanol–water partition coefficient (Wildman–Crippen LogP) is 1.68. The zero-order chi connectivity index (χ0) is 14.4. The van der Waals surface area contributed by atoms with Crippen LogP contribution in [0.3, 0.4) is 0 Å². The van der Waals surface area contributed by atoms with Crippen LogP contribution < -0.4 is 11.1 Å². The molecule has 1 amide bonds. The number of carbonyl (C=O) groups excluding carboxylic acids is 1. The molecule has 1 rings (SSSR count). The molecule has 5 heteroatoms. The summed E-state index contributed by atoms with van der Waals surface area (Å²) in [7, 11) is 1.52. The van der Waals surface area contributed by atoms with E-state index < -0.39 is 0 Å². The Morgan fingerprint density at radius 3 is 2.74 bits per heavy atom. The lowest BCUT2D eigenvalue weighted by Gasteiger charge is -2.17. The van der Waals surface area contributed by atoms with E-state index in [2.05, 4.69) is 5.32 Å². The van der Waals surface area contributed by atoms with E-state index in [1.54, 1.807) is 19.1 Å². The van der Waals surface area contributed by atoms with Gasteiger partial charge in [-0.3, -0.25) is 4.79 Å². The Balaban J connectivity index is 2.61. The molecule has 0 aliphatic carbocycles. The minimum Gasteiger partial charge on any atom is -0.380 e. The Labute approximate surface area is 113 Å². The second-order valence-electron chi connectivity index (χ2n) is 4.60. The Morgan fingerprint density at radius 1 is 1.53 bits per heavy atom. The van der Waals surface area contributed by atoms with E-state index in [1.807, 2.05) is 6.92 Å². The van der Waals surface area contributed by atoms with Crippen LogP contribution in [0, 0.1) is 12.7 Å². The maximum Gasteiger partial charge on any atom is 0.223 e. The number of aryl methyl sites for hydroxylation is 1. The number of hydrogen-bond donors (Lipinski definition) is 2. The van der Waals surface area contributed by atoms with Crippen molar-refractivity contribution in [1.29, 1.82) is 0 Å². The number of benzene rings is 1. The lowest BCUT2D eigenvalue weighted by molar-refractivity contribution is -0.124. The number of carbonyl (C=O) groups is 1. The lowest BCUT2D eigenvalue weighted by atomic mass is 10.1. The van der Waals surface area contributed by atoms with Crippen LogP contribution in [-0.4, -0.2) is 25.7 Å². The van der Waals surface area contributed by atoms with E-state index in [9.17, 15) is 9.18 Å². The lowest BCUT2D eigenvalue weighted by Crippen LogP contribution is -2.33. The Bertz CT molecular complexity index is 433. The van der Waals surface area contributed by atoms with Gasteiger partial charge in [-0.25, -0.2) is 4.39 Å². The molecule has 1 aromatic rings. The summed E-state index contributed by atoms with van der Waals surface area (Å²) in [5.74, 6) is -0.430. The normalized spacial score (nSPS) is 13.9. The van der Waals surface area contributed by atoms with Gasteiger partial charge in [0.15, 0.2) is 0 Å². The first-order valence-corrected chi connectivity index (χ1v) is 6.26. The third-order valence-electron chi connectivity index (χ3n) is 3.08. The number of amides is 1. The fourth-order valence-corrected chi connectivity index (χ4v) is 1.73. The van der Waals surface area contributed by atoms with Crippen LogP contribution in [0.15, 0.2) is 18.2 Å². The third kappa shape index (κ3) is 4.61. The number of rotatable bonds is 6. The van der Waals surface area contributed by atoms with Crippen LogP contribution in [0.1, 0.15) is 30.5 Å². The molecule has 106 valence electrons. The molecule has 0 bridgehead atoms. The van der Waals surface area contributed by atoms with Crippen molar-refractivity contribution in [3.63, 3.8) is 0 Å². The molecule has 2 unspecified atom stereocenters. The standard InChI is InChI=1S/C14H21FN2O2/c1-9-4-5-11(6-13(9)15)10(2)17-14(18)7-12(8-16)19-3/h4-6,10,12H,7-8,16H2,1-3H3,(H,17,18). The van der Waals surface area contributed by atoms with Crippen molar-refractivity contribution in [2.24, 2.45) is 5.73 Å². The fraction of sp³-hybridized carbons (Fsp3) is 0.500. The van der Waals surface area contributed by atoms with E-state index in [4.69, 9.17) is 10.5 Å². The summed E-state index contributed by atoms with van der Waals surface area (Å²) in [6, 6.07) is 4.69. The molecule has 4 nitrogen and oxygen atoms in total. The highest BCUT2D eigenvalue weighted by molar-refractivity contribution is 5.77. The Morgan fingerprint density at radius 2 is 2.21 bits per heavy atom. The second kappa shape index (κ2) is 7.21. The molecule has 0 aliphatic rings. The zero-order valence-corrected chi connectivity index (χ0v) is 11.6. The van der Waals surface area contributed by atoms with Crippen molar-refractivity contribution in [1.82, 2.24) is 5.32 Å². The van der Waals surface area contributed by atoms with Gasteiger partial charge in [0, 0.05) is 13.7 Å². The molecule has 0 aliphatic heterocycles. The number of ether oxygens (including phenoxy) is 1. The highest BCUT2D eigenvalue weighted by Gasteiger charge is 2.15. The first kappa shape index (κ1) is 15.6. The monoisotopic (exact) mass is 268 g/mol. The Hall–Kier alpha value is -1.46. The van der Waals surface area contributed by atoms with E-state index in [-0.39, 0.29) is 36.8 Å². The summed E-state index contributed by atoms with van der Waals surface area (Å²) in [5.41, 5.74) is 6.78. The molecule has 0 spiro atoms. The molecule has 3 N–H and O–H groups in total. The number of nitrogens with two attached hydrogens (primary N) is 1. The number of nitrogens with one attached hydrogen (secondary N) is 1. The SMILES string of the molecule is COC(CN)CC(=O)NC(C)c1ccc(C)c(F)c1. The van der Waals surface area contributed by atoms with Crippen LogP contribution in [0.25, 0.3) is 0 Å². The molecule has 19 heavy (non-hydrogen) atoms. The van der Waals surface area contributed by atoms with E-state index in [0.717, 1.165) is 5.56 Å². The van der Waals surface area contributed by atoms with E-state index in [0.29, 0.717) is 5.56 Å². The third-order valence-corrected chi connectivity index (χ3v) is 3.08. The molecule has 0 saturated heterocycles. The van der Waals surface area contributed by atoms with Crippen LogP contribution >= 0.6 is 0 Å². The van der Waals surface area contributed by atoms with Crippen LogP contribution in [-0.2, 0) is 9.53 Å². The minimum atomic E-state index is -0.290. The van der Waals surface area contributed by atoms with Gasteiger partial charge in [0.25, 0.3) is 0 Å². The summed E-state index contributed by atoms with van der Waals surface area (Å²) in [5, 5.41) is 2.80. The highest BCUT2D eigenvalue weighted by Crippen LogP contribution is 2.16. The van der Waals surface area contributed by atoms with Gasteiger partial charge in [0.05, 0.1) is 18.6 Å². The molecule has 1 aromatic carbocycles. The topological polar surface area (TPSA) is 64.3 Å². The average molecular weight is 268 g/mol. The largest absolute Gasteiger partial charge is 0.380 e. The van der Waals surface area contributed by atoms with Gasteiger partial charge in [0.1, 0.15) is 5.82 Å². The minimum absolute atomic E-state index is 0.161. The number of halogens is 1. The van der Waals surface area contributed by atoms with Gasteiger partial charge in [-0.2, -0.15) is 0 Å². The fourth-order valence-electron chi connectivity index (χ4n) is 1.73. The van der Waals surface area contributed by atoms with Crippen molar-refractivity contribution in [3.05, 3.63) is 35.1 Å². The Kier molecular flexibility index (Phi) is 5.92. The molecular weight excluding hydrogens is 247 g/mol. The maximum absolute atomic E-state index is 13.4. The van der Waals surface area contributed by atoms with Crippen molar-refractivity contribution >= 4 is 5.91 Å². The number of methoxy groups -OCH3 is 1. The summed E-state index contributed by atoms with van der Waals surface area (Å²) < 4.78 is 18.5. The van der Waals surface area contributed by atoms with Crippen LogP contribution in [0.2, 0.25) is 0 Å². The van der Waals surface area contributed by atoms with Gasteiger partial charge >= 0.3 is 0 Å². The van der Waals surface area contributed by atoms with Crippen molar-refractivity contribution in [2.75, 3.05) is 13.7 Å². The van der Waals surface area contributed by atoms with Gasteiger partial charge in [-0.1, -0.05) is 12.1 Å². The predicted molar refractivity (Wildman–Crippen MR) is 72.2 cm³/mol. The zero-order valence-electron chi connectivity index (χ0n) is 11.6. The average Bonchev–Trinajstić information content (AvgIpc) is 2.38. The summed E-state index contributed by atoms with van der Waals surface area (Å²) >= 11 is 0. The molecule has 0 aromatic heterocycles. The maximum atomic E-state index is 13.4. The van der Waals surface area contributed by atoms with Crippen LogP contribution in [0.4, 0.5) is 4.39 Å². The molecular formula is C14H21FN2O2. The molecule has 0 fully saturated rings. The van der Waals surface area contributed by atoms with Gasteiger partial charge < -0.3 is 15.8 Å². The van der Waals surface area contributed by atoms with Crippen LogP contribution in [0.5, 0.6) is 0 Å². The second-order valence-corrected chi connectivity index (χ2v) is 4.60. The van der Waals surface area contributed by atoms with Gasteiger partial charge in [0.2, 0.25) is 5.91 Å². The van der Waals surface area contributed by atoms with Crippen molar-refractivity contribution < 1.29 is 13.9 Å².